The lowest BCUT2D eigenvalue weighted by Crippen LogP contribution is -2.37. The minimum absolute atomic E-state index is 0.157. The number of nitrogens with two attached hydrogens (primary N) is 1. The first kappa shape index (κ1) is 14.2. The van der Waals surface area contributed by atoms with E-state index in [9.17, 15) is 4.79 Å². The van der Waals surface area contributed by atoms with Crippen molar-refractivity contribution in [2.24, 2.45) is 5.73 Å². The average molecular weight is 292 g/mol. The Balaban J connectivity index is 1.72. The van der Waals surface area contributed by atoms with Gasteiger partial charge in [0.15, 0.2) is 11.5 Å². The zero-order chi connectivity index (χ0) is 14.7. The standard InChI is InChI=1S/C15H20N2O4/c16-15(18)14(17-9-11-2-1-5-19-11)10-3-4-12-13(8-10)21-7-6-20-12/h3-4,8,11,14,17H,1-2,5-7,9H2,(H2,16,18). The highest BCUT2D eigenvalue weighted by atomic mass is 16.6. The molecule has 2 atom stereocenters. The molecule has 0 spiro atoms. The molecule has 6 heteroatoms. The van der Waals surface area contributed by atoms with Gasteiger partial charge in [-0.15, -0.1) is 0 Å². The fourth-order valence-corrected chi connectivity index (χ4v) is 2.68. The maximum Gasteiger partial charge on any atom is 0.239 e. The number of primary amides is 1. The van der Waals surface area contributed by atoms with Crippen LogP contribution in [0.15, 0.2) is 18.2 Å². The fraction of sp³-hybridized carbons (Fsp3) is 0.533. The van der Waals surface area contributed by atoms with E-state index in [1.165, 1.54) is 0 Å². The number of hydrogen-bond acceptors (Lipinski definition) is 5. The van der Waals surface area contributed by atoms with Crippen LogP contribution in [-0.4, -0.2) is 38.4 Å². The molecular weight excluding hydrogens is 272 g/mol. The van der Waals surface area contributed by atoms with Gasteiger partial charge in [-0.05, 0) is 30.5 Å². The normalized spacial score (nSPS) is 22.0. The van der Waals surface area contributed by atoms with Gasteiger partial charge in [0, 0.05) is 13.2 Å². The predicted octanol–water partition coefficient (Wildman–Crippen LogP) is 0.753. The second-order valence-corrected chi connectivity index (χ2v) is 5.28. The zero-order valence-corrected chi connectivity index (χ0v) is 11.8. The van der Waals surface area contributed by atoms with Gasteiger partial charge in [-0.2, -0.15) is 0 Å². The Kier molecular flexibility index (Phi) is 4.26. The summed E-state index contributed by atoms with van der Waals surface area (Å²) in [7, 11) is 0. The number of carbonyl (C=O) groups excluding carboxylic acids is 1. The topological polar surface area (TPSA) is 82.8 Å². The van der Waals surface area contributed by atoms with Crippen molar-refractivity contribution in [3.05, 3.63) is 23.8 Å². The van der Waals surface area contributed by atoms with Gasteiger partial charge in [-0.1, -0.05) is 6.07 Å². The van der Waals surface area contributed by atoms with Crippen molar-refractivity contribution in [3.63, 3.8) is 0 Å². The third-order valence-corrected chi connectivity index (χ3v) is 3.76. The monoisotopic (exact) mass is 292 g/mol. The molecule has 3 rings (SSSR count). The molecule has 1 aromatic carbocycles. The van der Waals surface area contributed by atoms with Crippen molar-refractivity contribution in [2.45, 2.75) is 25.0 Å². The van der Waals surface area contributed by atoms with Crippen LogP contribution >= 0.6 is 0 Å². The largest absolute Gasteiger partial charge is 0.486 e. The summed E-state index contributed by atoms with van der Waals surface area (Å²) in [5.74, 6) is 0.945. The summed E-state index contributed by atoms with van der Waals surface area (Å²) in [5, 5.41) is 3.19. The van der Waals surface area contributed by atoms with Gasteiger partial charge in [0.2, 0.25) is 5.91 Å². The molecule has 21 heavy (non-hydrogen) atoms. The van der Waals surface area contributed by atoms with Crippen LogP contribution in [0.3, 0.4) is 0 Å². The van der Waals surface area contributed by atoms with Crippen LogP contribution in [0.2, 0.25) is 0 Å². The van der Waals surface area contributed by atoms with Crippen molar-refractivity contribution < 1.29 is 19.0 Å². The number of ether oxygens (including phenoxy) is 3. The molecule has 2 unspecified atom stereocenters. The summed E-state index contributed by atoms with van der Waals surface area (Å²) in [6.07, 6.45) is 2.24. The second-order valence-electron chi connectivity index (χ2n) is 5.28. The minimum Gasteiger partial charge on any atom is -0.486 e. The number of fused-ring (bicyclic) bond motifs is 1. The molecule has 1 fully saturated rings. The number of hydrogen-bond donors (Lipinski definition) is 2. The smallest absolute Gasteiger partial charge is 0.239 e. The van der Waals surface area contributed by atoms with E-state index >= 15 is 0 Å². The summed E-state index contributed by atoms with van der Waals surface area (Å²) in [6, 6.07) is 4.91. The first-order chi connectivity index (χ1) is 10.2. The Morgan fingerprint density at radius 3 is 2.81 bits per heavy atom. The van der Waals surface area contributed by atoms with Crippen molar-refractivity contribution in [3.8, 4) is 11.5 Å². The molecule has 2 aliphatic heterocycles. The lowest BCUT2D eigenvalue weighted by Gasteiger charge is -2.22. The molecule has 0 radical (unpaired) electrons. The number of nitrogens with one attached hydrogen (secondary N) is 1. The number of rotatable bonds is 5. The Bertz CT molecular complexity index is 514. The van der Waals surface area contributed by atoms with E-state index < -0.39 is 11.9 Å². The average Bonchev–Trinajstić information content (AvgIpc) is 3.00. The second kappa shape index (κ2) is 6.32. The van der Waals surface area contributed by atoms with Gasteiger partial charge in [-0.3, -0.25) is 10.1 Å². The molecule has 0 aromatic heterocycles. The summed E-state index contributed by atoms with van der Waals surface area (Å²) in [6.45, 7) is 2.46. The van der Waals surface area contributed by atoms with Crippen molar-refractivity contribution in [1.29, 1.82) is 0 Å². The maximum atomic E-state index is 11.7. The van der Waals surface area contributed by atoms with Crippen LogP contribution in [0, 0.1) is 0 Å². The van der Waals surface area contributed by atoms with Crippen LogP contribution in [0.25, 0.3) is 0 Å². The van der Waals surface area contributed by atoms with E-state index in [0.717, 1.165) is 25.0 Å². The van der Waals surface area contributed by atoms with Crippen LogP contribution < -0.4 is 20.5 Å². The van der Waals surface area contributed by atoms with Gasteiger partial charge in [0.1, 0.15) is 19.3 Å². The zero-order valence-electron chi connectivity index (χ0n) is 11.8. The van der Waals surface area contributed by atoms with Gasteiger partial charge in [0.05, 0.1) is 6.10 Å². The van der Waals surface area contributed by atoms with Crippen LogP contribution in [0.4, 0.5) is 0 Å². The molecule has 2 heterocycles. The van der Waals surface area contributed by atoms with Crippen LogP contribution in [0.1, 0.15) is 24.4 Å². The van der Waals surface area contributed by atoms with E-state index in [-0.39, 0.29) is 6.10 Å². The van der Waals surface area contributed by atoms with E-state index in [2.05, 4.69) is 5.32 Å². The summed E-state index contributed by atoms with van der Waals surface area (Å²) in [5.41, 5.74) is 6.30. The third kappa shape index (κ3) is 3.28. The van der Waals surface area contributed by atoms with E-state index in [1.807, 2.05) is 18.2 Å². The van der Waals surface area contributed by atoms with E-state index in [1.54, 1.807) is 0 Å². The quantitative estimate of drug-likeness (QED) is 0.837. The summed E-state index contributed by atoms with van der Waals surface area (Å²) >= 11 is 0. The Labute approximate surface area is 123 Å². The number of carbonyl (C=O) groups is 1. The van der Waals surface area contributed by atoms with Gasteiger partial charge in [-0.25, -0.2) is 0 Å². The SMILES string of the molecule is NC(=O)C(NCC1CCCO1)c1ccc2c(c1)OCCO2. The lowest BCUT2D eigenvalue weighted by atomic mass is 10.0. The molecule has 1 saturated heterocycles. The fourth-order valence-electron chi connectivity index (χ4n) is 2.68. The molecule has 114 valence electrons. The molecular formula is C15H20N2O4. The predicted molar refractivity (Wildman–Crippen MR) is 76.3 cm³/mol. The van der Waals surface area contributed by atoms with Crippen LogP contribution in [-0.2, 0) is 9.53 Å². The molecule has 0 saturated carbocycles. The third-order valence-electron chi connectivity index (χ3n) is 3.76. The Morgan fingerprint density at radius 1 is 1.29 bits per heavy atom. The highest BCUT2D eigenvalue weighted by Crippen LogP contribution is 2.32. The number of amides is 1. The first-order valence-electron chi connectivity index (χ1n) is 7.28. The molecule has 1 aromatic rings. The molecule has 1 amide bonds. The number of benzene rings is 1. The lowest BCUT2D eigenvalue weighted by molar-refractivity contribution is -0.120. The Morgan fingerprint density at radius 2 is 2.10 bits per heavy atom. The van der Waals surface area contributed by atoms with E-state index in [4.69, 9.17) is 19.9 Å². The summed E-state index contributed by atoms with van der Waals surface area (Å²) < 4.78 is 16.6. The maximum absolute atomic E-state index is 11.7. The van der Waals surface area contributed by atoms with Gasteiger partial charge in [0.25, 0.3) is 0 Å². The van der Waals surface area contributed by atoms with Crippen molar-refractivity contribution >= 4 is 5.91 Å². The molecule has 0 aliphatic carbocycles. The highest BCUT2D eigenvalue weighted by molar-refractivity contribution is 5.81. The Hall–Kier alpha value is -1.79. The highest BCUT2D eigenvalue weighted by Gasteiger charge is 2.23. The molecule has 6 nitrogen and oxygen atoms in total. The first-order valence-corrected chi connectivity index (χ1v) is 7.28. The van der Waals surface area contributed by atoms with Gasteiger partial charge < -0.3 is 19.9 Å². The van der Waals surface area contributed by atoms with Crippen LogP contribution in [0.5, 0.6) is 11.5 Å². The van der Waals surface area contributed by atoms with E-state index in [0.29, 0.717) is 31.3 Å². The molecule has 2 aliphatic rings. The molecule has 3 N–H and O–H groups in total. The summed E-state index contributed by atoms with van der Waals surface area (Å²) in [4.78, 5) is 11.7. The van der Waals surface area contributed by atoms with Gasteiger partial charge >= 0.3 is 0 Å². The van der Waals surface area contributed by atoms with Crippen molar-refractivity contribution in [1.82, 2.24) is 5.32 Å². The molecule has 0 bridgehead atoms. The van der Waals surface area contributed by atoms with Crippen molar-refractivity contribution in [2.75, 3.05) is 26.4 Å². The minimum atomic E-state index is -0.551.